The first kappa shape index (κ1) is 24.9. The summed E-state index contributed by atoms with van der Waals surface area (Å²) in [6.45, 7) is -0.435. The lowest BCUT2D eigenvalue weighted by Gasteiger charge is -2.24. The van der Waals surface area contributed by atoms with Crippen molar-refractivity contribution in [3.8, 4) is 11.5 Å². The lowest BCUT2D eigenvalue weighted by molar-refractivity contribution is -0.114. The summed E-state index contributed by atoms with van der Waals surface area (Å²) in [5, 5.41) is 3.12. The minimum atomic E-state index is -4.07. The van der Waals surface area contributed by atoms with Gasteiger partial charge in [-0.25, -0.2) is 8.42 Å². The van der Waals surface area contributed by atoms with E-state index >= 15 is 0 Å². The van der Waals surface area contributed by atoms with Crippen LogP contribution < -0.4 is 19.1 Å². The molecule has 4 rings (SSSR count). The number of sulfonamides is 1. The number of hydrogen-bond donors (Lipinski definition) is 1. The van der Waals surface area contributed by atoms with Crippen LogP contribution in [0.1, 0.15) is 25.7 Å². The molecular formula is C26H27ClN2O5S. The van der Waals surface area contributed by atoms with Crippen LogP contribution in [0.25, 0.3) is 0 Å². The molecule has 0 aliphatic heterocycles. The van der Waals surface area contributed by atoms with Crippen LogP contribution in [0.3, 0.4) is 0 Å². The lowest BCUT2D eigenvalue weighted by atomic mass is 10.2. The number of carbonyl (C=O) groups excluding carboxylic acids is 1. The zero-order valence-electron chi connectivity index (χ0n) is 19.3. The number of rotatable bonds is 9. The van der Waals surface area contributed by atoms with Crippen LogP contribution >= 0.6 is 11.6 Å². The number of nitrogens with one attached hydrogen (secondary N) is 1. The average Bonchev–Trinajstić information content (AvgIpc) is 3.37. The van der Waals surface area contributed by atoms with E-state index in [1.807, 2.05) is 0 Å². The number of hydrogen-bond acceptors (Lipinski definition) is 5. The van der Waals surface area contributed by atoms with Gasteiger partial charge in [0.05, 0.1) is 23.8 Å². The Hall–Kier alpha value is -3.23. The zero-order valence-corrected chi connectivity index (χ0v) is 20.9. The second kappa shape index (κ2) is 11.0. The number of ether oxygens (including phenoxy) is 2. The zero-order chi connectivity index (χ0) is 24.8. The Morgan fingerprint density at radius 1 is 1.00 bits per heavy atom. The molecule has 1 aliphatic rings. The van der Waals surface area contributed by atoms with Gasteiger partial charge in [-0.05, 0) is 92.4 Å². The van der Waals surface area contributed by atoms with Crippen LogP contribution in [-0.4, -0.2) is 34.1 Å². The molecule has 1 fully saturated rings. The average molecular weight is 515 g/mol. The molecular weight excluding hydrogens is 488 g/mol. The molecule has 35 heavy (non-hydrogen) atoms. The van der Waals surface area contributed by atoms with Crippen molar-refractivity contribution >= 4 is 38.9 Å². The van der Waals surface area contributed by atoms with Crippen LogP contribution in [-0.2, 0) is 14.8 Å². The van der Waals surface area contributed by atoms with E-state index in [1.165, 1.54) is 38.2 Å². The summed E-state index contributed by atoms with van der Waals surface area (Å²) in [5.41, 5.74) is 0.824. The van der Waals surface area contributed by atoms with Gasteiger partial charge in [0.25, 0.3) is 10.0 Å². The number of carbonyl (C=O) groups is 1. The van der Waals surface area contributed by atoms with E-state index in [0.29, 0.717) is 16.5 Å². The van der Waals surface area contributed by atoms with E-state index in [1.54, 1.807) is 54.6 Å². The smallest absolute Gasteiger partial charge is 0.264 e. The molecule has 0 atom stereocenters. The number of benzene rings is 3. The summed E-state index contributed by atoms with van der Waals surface area (Å²) in [6, 6.07) is 19.4. The first-order valence-electron chi connectivity index (χ1n) is 11.3. The third-order valence-electron chi connectivity index (χ3n) is 5.77. The van der Waals surface area contributed by atoms with Gasteiger partial charge in [0.2, 0.25) is 5.91 Å². The van der Waals surface area contributed by atoms with Gasteiger partial charge in [-0.1, -0.05) is 17.7 Å². The molecule has 1 saturated carbocycles. The normalized spacial score (nSPS) is 13.9. The van der Waals surface area contributed by atoms with Crippen molar-refractivity contribution in [3.05, 3.63) is 77.8 Å². The van der Waals surface area contributed by atoms with Gasteiger partial charge in [-0.3, -0.25) is 9.10 Å². The molecule has 1 aliphatic carbocycles. The van der Waals surface area contributed by atoms with Crippen LogP contribution in [0, 0.1) is 0 Å². The first-order chi connectivity index (χ1) is 16.8. The van der Waals surface area contributed by atoms with Crippen LogP contribution in [0.5, 0.6) is 11.5 Å². The topological polar surface area (TPSA) is 84.9 Å². The van der Waals surface area contributed by atoms with Crippen molar-refractivity contribution in [3.63, 3.8) is 0 Å². The Labute approximate surface area is 210 Å². The second-order valence-corrected chi connectivity index (χ2v) is 10.6. The van der Waals surface area contributed by atoms with E-state index in [9.17, 15) is 13.2 Å². The summed E-state index contributed by atoms with van der Waals surface area (Å²) >= 11 is 6.12. The largest absolute Gasteiger partial charge is 0.497 e. The summed E-state index contributed by atoms with van der Waals surface area (Å²) in [7, 11) is -2.57. The van der Waals surface area contributed by atoms with Crippen molar-refractivity contribution in [2.24, 2.45) is 0 Å². The maximum absolute atomic E-state index is 13.5. The number of halogens is 1. The predicted octanol–water partition coefficient (Wildman–Crippen LogP) is 5.50. The molecule has 184 valence electrons. The fourth-order valence-corrected chi connectivity index (χ4v) is 5.57. The highest BCUT2D eigenvalue weighted by atomic mass is 35.5. The Bertz CT molecular complexity index is 1260. The highest BCUT2D eigenvalue weighted by Crippen LogP contribution is 2.28. The van der Waals surface area contributed by atoms with Crippen molar-refractivity contribution in [1.29, 1.82) is 0 Å². The third-order valence-corrected chi connectivity index (χ3v) is 7.80. The summed E-state index contributed by atoms with van der Waals surface area (Å²) in [4.78, 5) is 12.9. The van der Waals surface area contributed by atoms with E-state index < -0.39 is 22.5 Å². The maximum atomic E-state index is 13.5. The molecule has 3 aromatic rings. The van der Waals surface area contributed by atoms with Gasteiger partial charge in [0.15, 0.2) is 0 Å². The van der Waals surface area contributed by atoms with E-state index in [2.05, 4.69) is 5.32 Å². The molecule has 0 spiro atoms. The van der Waals surface area contributed by atoms with Gasteiger partial charge in [0, 0.05) is 10.7 Å². The molecule has 1 amide bonds. The fourth-order valence-electron chi connectivity index (χ4n) is 3.97. The fraction of sp³-hybridized carbons (Fsp3) is 0.269. The summed E-state index contributed by atoms with van der Waals surface area (Å²) < 4.78 is 39.1. The van der Waals surface area contributed by atoms with Crippen LogP contribution in [0.2, 0.25) is 5.02 Å². The molecule has 3 aromatic carbocycles. The van der Waals surface area contributed by atoms with E-state index in [-0.39, 0.29) is 16.7 Å². The molecule has 1 N–H and O–H groups in total. The van der Waals surface area contributed by atoms with Crippen molar-refractivity contribution in [1.82, 2.24) is 0 Å². The van der Waals surface area contributed by atoms with Gasteiger partial charge in [-0.2, -0.15) is 0 Å². The minimum absolute atomic E-state index is 0.0273. The number of nitrogens with zero attached hydrogens (tertiary/aromatic N) is 1. The minimum Gasteiger partial charge on any atom is -0.497 e. The molecule has 0 unspecified atom stereocenters. The third kappa shape index (κ3) is 6.26. The standard InChI is InChI=1S/C26H27ClN2O5S/c1-33-22-13-15-25(16-14-22)35(31,32)29(21-6-4-5-19(27)17-21)18-26(30)28-20-9-11-24(12-10-20)34-23-7-2-3-8-23/h4-6,9-17,23H,2-3,7-8,18H2,1H3,(H,28,30). The molecule has 0 aromatic heterocycles. The Kier molecular flexibility index (Phi) is 7.83. The van der Waals surface area contributed by atoms with Gasteiger partial charge in [-0.15, -0.1) is 0 Å². The van der Waals surface area contributed by atoms with Gasteiger partial charge >= 0.3 is 0 Å². The van der Waals surface area contributed by atoms with Crippen molar-refractivity contribution in [2.75, 3.05) is 23.3 Å². The van der Waals surface area contributed by atoms with E-state index in [4.69, 9.17) is 21.1 Å². The quantitative estimate of drug-likeness (QED) is 0.407. The monoisotopic (exact) mass is 514 g/mol. The molecule has 9 heteroatoms. The summed E-state index contributed by atoms with van der Waals surface area (Å²) in [6.07, 6.45) is 4.72. The lowest BCUT2D eigenvalue weighted by Crippen LogP contribution is -2.38. The Balaban J connectivity index is 1.52. The van der Waals surface area contributed by atoms with Crippen molar-refractivity contribution in [2.45, 2.75) is 36.7 Å². The van der Waals surface area contributed by atoms with Gasteiger partial charge in [0.1, 0.15) is 18.0 Å². The second-order valence-electron chi connectivity index (χ2n) is 8.26. The number of methoxy groups -OCH3 is 1. The van der Waals surface area contributed by atoms with Crippen molar-refractivity contribution < 1.29 is 22.7 Å². The Morgan fingerprint density at radius 2 is 1.66 bits per heavy atom. The molecule has 0 saturated heterocycles. The molecule has 0 heterocycles. The predicted molar refractivity (Wildman–Crippen MR) is 137 cm³/mol. The maximum Gasteiger partial charge on any atom is 0.264 e. The number of amides is 1. The first-order valence-corrected chi connectivity index (χ1v) is 13.2. The molecule has 7 nitrogen and oxygen atoms in total. The number of anilines is 2. The highest BCUT2D eigenvalue weighted by Gasteiger charge is 2.27. The molecule has 0 radical (unpaired) electrons. The Morgan fingerprint density at radius 3 is 2.29 bits per heavy atom. The van der Waals surface area contributed by atoms with Crippen LogP contribution in [0.15, 0.2) is 77.7 Å². The summed E-state index contributed by atoms with van der Waals surface area (Å²) in [5.74, 6) is 0.778. The SMILES string of the molecule is COc1ccc(S(=O)(=O)N(CC(=O)Nc2ccc(OC3CCCC3)cc2)c2cccc(Cl)c2)cc1. The molecule has 0 bridgehead atoms. The highest BCUT2D eigenvalue weighted by molar-refractivity contribution is 7.92. The van der Waals surface area contributed by atoms with Gasteiger partial charge < -0.3 is 14.8 Å². The van der Waals surface area contributed by atoms with Crippen LogP contribution in [0.4, 0.5) is 11.4 Å². The van der Waals surface area contributed by atoms with E-state index in [0.717, 1.165) is 22.9 Å².